The van der Waals surface area contributed by atoms with Gasteiger partial charge in [0, 0.05) is 6.07 Å². The van der Waals surface area contributed by atoms with E-state index >= 15 is 0 Å². The second kappa shape index (κ2) is 4.70. The molecule has 0 bridgehead atoms. The van der Waals surface area contributed by atoms with Crippen molar-refractivity contribution in [2.45, 2.75) is 13.0 Å². The molecule has 0 saturated heterocycles. The number of ether oxygens (including phenoxy) is 1. The highest BCUT2D eigenvalue weighted by Gasteiger charge is 2.04. The minimum Gasteiger partial charge on any atom is -0.488 e. The standard InChI is InChI=1S/C9H10Cl2O2/c1-6(5-12)13-7-2-3-8(10)9(11)4-7/h2-4,6,12H,5H2,1H3/t6-/m1/s1. The van der Waals surface area contributed by atoms with E-state index in [0.717, 1.165) is 0 Å². The first-order valence-electron chi connectivity index (χ1n) is 3.86. The lowest BCUT2D eigenvalue weighted by Crippen LogP contribution is -2.16. The van der Waals surface area contributed by atoms with Gasteiger partial charge in [0.25, 0.3) is 0 Å². The Bertz CT molecular complexity index is 289. The molecule has 72 valence electrons. The van der Waals surface area contributed by atoms with Crippen molar-refractivity contribution in [1.29, 1.82) is 0 Å². The zero-order chi connectivity index (χ0) is 9.84. The second-order valence-electron chi connectivity index (χ2n) is 2.69. The van der Waals surface area contributed by atoms with Gasteiger partial charge < -0.3 is 9.84 Å². The summed E-state index contributed by atoms with van der Waals surface area (Å²) < 4.78 is 5.31. The van der Waals surface area contributed by atoms with Gasteiger partial charge in [0.1, 0.15) is 11.9 Å². The molecule has 0 fully saturated rings. The molecule has 2 nitrogen and oxygen atoms in total. The van der Waals surface area contributed by atoms with E-state index < -0.39 is 0 Å². The molecule has 0 aliphatic carbocycles. The monoisotopic (exact) mass is 220 g/mol. The Labute approximate surface area is 87.0 Å². The SMILES string of the molecule is C[C@H](CO)Oc1ccc(Cl)c(Cl)c1. The van der Waals surface area contributed by atoms with Crippen LogP contribution >= 0.6 is 23.2 Å². The first-order chi connectivity index (χ1) is 6.13. The van der Waals surface area contributed by atoms with Crippen molar-refractivity contribution in [2.75, 3.05) is 6.61 Å². The topological polar surface area (TPSA) is 29.5 Å². The van der Waals surface area contributed by atoms with Gasteiger partial charge in [0.05, 0.1) is 16.7 Å². The van der Waals surface area contributed by atoms with Crippen LogP contribution in [-0.2, 0) is 0 Å². The molecule has 4 heteroatoms. The van der Waals surface area contributed by atoms with Gasteiger partial charge in [0.2, 0.25) is 0 Å². The van der Waals surface area contributed by atoms with Crippen LogP contribution in [0.15, 0.2) is 18.2 Å². The van der Waals surface area contributed by atoms with Crippen molar-refractivity contribution in [3.05, 3.63) is 28.2 Å². The van der Waals surface area contributed by atoms with E-state index in [-0.39, 0.29) is 12.7 Å². The van der Waals surface area contributed by atoms with Crippen LogP contribution in [0.5, 0.6) is 5.75 Å². The van der Waals surface area contributed by atoms with E-state index in [1.807, 2.05) is 0 Å². The van der Waals surface area contributed by atoms with E-state index in [1.54, 1.807) is 25.1 Å². The van der Waals surface area contributed by atoms with Crippen molar-refractivity contribution >= 4 is 23.2 Å². The highest BCUT2D eigenvalue weighted by molar-refractivity contribution is 6.42. The first-order valence-corrected chi connectivity index (χ1v) is 4.61. The number of rotatable bonds is 3. The van der Waals surface area contributed by atoms with Crippen LogP contribution in [-0.4, -0.2) is 17.8 Å². The molecular formula is C9H10Cl2O2. The van der Waals surface area contributed by atoms with Gasteiger partial charge in [-0.25, -0.2) is 0 Å². The molecule has 1 aromatic rings. The van der Waals surface area contributed by atoms with Gasteiger partial charge >= 0.3 is 0 Å². The summed E-state index contributed by atoms with van der Waals surface area (Å²) in [4.78, 5) is 0. The van der Waals surface area contributed by atoms with Crippen LogP contribution in [0.25, 0.3) is 0 Å². The molecule has 0 aliphatic heterocycles. The first kappa shape index (κ1) is 10.6. The molecule has 0 unspecified atom stereocenters. The Morgan fingerprint density at radius 2 is 2.08 bits per heavy atom. The van der Waals surface area contributed by atoms with E-state index in [2.05, 4.69) is 0 Å². The third kappa shape index (κ3) is 3.07. The Balaban J connectivity index is 2.73. The summed E-state index contributed by atoms with van der Waals surface area (Å²) in [5.74, 6) is 0.607. The van der Waals surface area contributed by atoms with Crippen molar-refractivity contribution < 1.29 is 9.84 Å². The molecule has 0 saturated carbocycles. The Morgan fingerprint density at radius 3 is 2.62 bits per heavy atom. The fraction of sp³-hybridized carbons (Fsp3) is 0.333. The van der Waals surface area contributed by atoms with E-state index in [1.165, 1.54) is 0 Å². The maximum absolute atomic E-state index is 8.74. The summed E-state index contributed by atoms with van der Waals surface area (Å²) in [6, 6.07) is 4.99. The van der Waals surface area contributed by atoms with Crippen LogP contribution in [0.2, 0.25) is 10.0 Å². The highest BCUT2D eigenvalue weighted by atomic mass is 35.5. The third-order valence-corrected chi connectivity index (χ3v) is 2.22. The summed E-state index contributed by atoms with van der Waals surface area (Å²) in [5.41, 5.74) is 0. The fourth-order valence-corrected chi connectivity index (χ4v) is 1.11. The molecule has 1 N–H and O–H groups in total. The van der Waals surface area contributed by atoms with Crippen molar-refractivity contribution in [1.82, 2.24) is 0 Å². The Hall–Kier alpha value is -0.440. The minimum absolute atomic E-state index is 0.0275. The smallest absolute Gasteiger partial charge is 0.121 e. The van der Waals surface area contributed by atoms with Crippen molar-refractivity contribution in [3.8, 4) is 5.75 Å². The molecule has 1 aromatic carbocycles. The van der Waals surface area contributed by atoms with Gasteiger partial charge in [-0.15, -0.1) is 0 Å². The lowest BCUT2D eigenvalue weighted by molar-refractivity contribution is 0.130. The average Bonchev–Trinajstić information content (AvgIpc) is 2.11. The van der Waals surface area contributed by atoms with Gasteiger partial charge in [-0.05, 0) is 19.1 Å². The normalized spacial score (nSPS) is 12.6. The van der Waals surface area contributed by atoms with Gasteiger partial charge in [-0.3, -0.25) is 0 Å². The lowest BCUT2D eigenvalue weighted by atomic mass is 10.3. The number of benzene rings is 1. The quantitative estimate of drug-likeness (QED) is 0.850. The molecule has 1 rings (SSSR count). The summed E-state index contributed by atoms with van der Waals surface area (Å²) in [5, 5.41) is 9.68. The number of hydrogen-bond donors (Lipinski definition) is 1. The predicted octanol–water partition coefficient (Wildman–Crippen LogP) is 2.75. The second-order valence-corrected chi connectivity index (χ2v) is 3.50. The maximum Gasteiger partial charge on any atom is 0.121 e. The maximum atomic E-state index is 8.74. The predicted molar refractivity (Wildman–Crippen MR) is 53.6 cm³/mol. The Kier molecular flexibility index (Phi) is 3.85. The lowest BCUT2D eigenvalue weighted by Gasteiger charge is -2.11. The summed E-state index contributed by atoms with van der Waals surface area (Å²) >= 11 is 11.5. The van der Waals surface area contributed by atoms with Crippen LogP contribution in [0.1, 0.15) is 6.92 Å². The molecule has 0 aliphatic rings. The number of hydrogen-bond acceptors (Lipinski definition) is 2. The molecule has 0 amide bonds. The van der Waals surface area contributed by atoms with Crippen molar-refractivity contribution in [3.63, 3.8) is 0 Å². The van der Waals surface area contributed by atoms with Gasteiger partial charge in [0.15, 0.2) is 0 Å². The summed E-state index contributed by atoms with van der Waals surface area (Å²) in [6.45, 7) is 1.74. The number of halogens is 2. The molecule has 0 spiro atoms. The largest absolute Gasteiger partial charge is 0.488 e. The number of aliphatic hydroxyl groups is 1. The average molecular weight is 221 g/mol. The fourth-order valence-electron chi connectivity index (χ4n) is 0.820. The van der Waals surface area contributed by atoms with E-state index in [0.29, 0.717) is 15.8 Å². The zero-order valence-corrected chi connectivity index (χ0v) is 8.64. The van der Waals surface area contributed by atoms with Gasteiger partial charge in [-0.2, -0.15) is 0 Å². The van der Waals surface area contributed by atoms with E-state index in [9.17, 15) is 0 Å². The minimum atomic E-state index is -0.239. The van der Waals surface area contributed by atoms with Crippen LogP contribution in [0.4, 0.5) is 0 Å². The summed E-state index contributed by atoms with van der Waals surface area (Å²) in [6.07, 6.45) is -0.239. The molecular weight excluding hydrogens is 211 g/mol. The zero-order valence-electron chi connectivity index (χ0n) is 7.13. The van der Waals surface area contributed by atoms with E-state index in [4.69, 9.17) is 33.0 Å². The molecule has 1 atom stereocenters. The molecule has 0 aromatic heterocycles. The molecule has 0 radical (unpaired) electrons. The van der Waals surface area contributed by atoms with Crippen LogP contribution in [0.3, 0.4) is 0 Å². The highest BCUT2D eigenvalue weighted by Crippen LogP contribution is 2.26. The summed E-state index contributed by atoms with van der Waals surface area (Å²) in [7, 11) is 0. The van der Waals surface area contributed by atoms with Crippen molar-refractivity contribution in [2.24, 2.45) is 0 Å². The van der Waals surface area contributed by atoms with Crippen LogP contribution in [0, 0.1) is 0 Å². The Morgan fingerprint density at radius 1 is 1.38 bits per heavy atom. The molecule has 0 heterocycles. The third-order valence-electron chi connectivity index (χ3n) is 1.49. The molecule has 13 heavy (non-hydrogen) atoms. The number of aliphatic hydroxyl groups excluding tert-OH is 1. The van der Waals surface area contributed by atoms with Crippen LogP contribution < -0.4 is 4.74 Å². The van der Waals surface area contributed by atoms with Gasteiger partial charge in [-0.1, -0.05) is 23.2 Å².